The van der Waals surface area contributed by atoms with E-state index in [0.29, 0.717) is 0 Å². The quantitative estimate of drug-likeness (QED) is 0.166. The molecule has 12 rings (SSSR count). The van der Waals surface area contributed by atoms with Gasteiger partial charge < -0.3 is 9.13 Å². The van der Waals surface area contributed by atoms with Gasteiger partial charge in [0, 0.05) is 53.1 Å². The Morgan fingerprint density at radius 2 is 0.825 bits per heavy atom. The lowest BCUT2D eigenvalue weighted by atomic mass is 9.98. The van der Waals surface area contributed by atoms with E-state index in [1.54, 1.807) is 0 Å². The molecule has 9 aromatic carbocycles. The molecule has 0 bridgehead atoms. The molecule has 0 radical (unpaired) electrons. The third-order valence-corrected chi connectivity index (χ3v) is 12.9. The lowest BCUT2D eigenvalue weighted by Crippen LogP contribution is -1.96. The Morgan fingerprint density at radius 1 is 0.281 bits per heavy atom. The molecule has 3 heteroatoms. The van der Waals surface area contributed by atoms with Crippen molar-refractivity contribution < 1.29 is 0 Å². The van der Waals surface area contributed by atoms with Gasteiger partial charge in [-0.25, -0.2) is 0 Å². The normalized spacial score (nSPS) is 11.9. The van der Waals surface area contributed by atoms with Crippen LogP contribution in [-0.4, -0.2) is 9.13 Å². The monoisotopic (exact) mass is 742 g/mol. The Morgan fingerprint density at radius 3 is 1.63 bits per heavy atom. The van der Waals surface area contributed by atoms with Crippen LogP contribution in [0.4, 0.5) is 0 Å². The number of para-hydroxylation sites is 2. The molecule has 0 saturated carbocycles. The summed E-state index contributed by atoms with van der Waals surface area (Å²) in [5.74, 6) is 0. The molecular weight excluding hydrogens is 709 g/mol. The summed E-state index contributed by atoms with van der Waals surface area (Å²) in [5.41, 5.74) is 14.4. The van der Waals surface area contributed by atoms with E-state index in [1.165, 1.54) is 97.2 Å². The molecule has 0 spiro atoms. The smallest absolute Gasteiger partial charge is 0.0562 e. The summed E-state index contributed by atoms with van der Waals surface area (Å²) < 4.78 is 7.56. The van der Waals surface area contributed by atoms with Crippen molar-refractivity contribution in [2.45, 2.75) is 0 Å². The summed E-state index contributed by atoms with van der Waals surface area (Å²) in [4.78, 5) is 0. The first-order valence-corrected chi connectivity index (χ1v) is 20.3. The minimum absolute atomic E-state index is 1.14. The summed E-state index contributed by atoms with van der Waals surface area (Å²) in [6, 6.07) is 75.7. The molecule has 3 heterocycles. The molecule has 0 unspecified atom stereocenters. The largest absolute Gasteiger partial charge is 0.309 e. The van der Waals surface area contributed by atoms with Crippen LogP contribution in [0.3, 0.4) is 0 Å². The Hall–Kier alpha value is -7.20. The second-order valence-electron chi connectivity index (χ2n) is 14.9. The number of aromatic nitrogens is 2. The fourth-order valence-electron chi connectivity index (χ4n) is 9.07. The van der Waals surface area contributed by atoms with E-state index in [-0.39, 0.29) is 0 Å². The average molecular weight is 743 g/mol. The van der Waals surface area contributed by atoms with Crippen LogP contribution in [0.25, 0.3) is 109 Å². The van der Waals surface area contributed by atoms with E-state index in [1.807, 2.05) is 11.3 Å². The Bertz CT molecular complexity index is 3490. The maximum absolute atomic E-state index is 2.48. The molecular formula is C54H34N2S. The number of benzene rings is 9. The molecule has 0 aliphatic rings. The molecule has 0 fully saturated rings. The molecule has 0 atom stereocenters. The predicted octanol–water partition coefficient (Wildman–Crippen LogP) is 15.2. The Balaban J connectivity index is 1.10. The molecule has 0 amide bonds. The van der Waals surface area contributed by atoms with Crippen LogP contribution in [0.2, 0.25) is 0 Å². The van der Waals surface area contributed by atoms with E-state index in [2.05, 4.69) is 215 Å². The van der Waals surface area contributed by atoms with Crippen molar-refractivity contribution in [3.63, 3.8) is 0 Å². The average Bonchev–Trinajstić information content (AvgIpc) is 3.93. The molecule has 2 nitrogen and oxygen atoms in total. The summed E-state index contributed by atoms with van der Waals surface area (Å²) in [7, 11) is 0. The van der Waals surface area contributed by atoms with Gasteiger partial charge in [0.25, 0.3) is 0 Å². The van der Waals surface area contributed by atoms with E-state index >= 15 is 0 Å². The highest BCUT2D eigenvalue weighted by Gasteiger charge is 2.20. The molecule has 266 valence electrons. The van der Waals surface area contributed by atoms with Crippen molar-refractivity contribution in [1.82, 2.24) is 9.13 Å². The summed E-state index contributed by atoms with van der Waals surface area (Å²) in [6.45, 7) is 0. The van der Waals surface area contributed by atoms with E-state index in [9.17, 15) is 0 Å². The topological polar surface area (TPSA) is 9.86 Å². The molecule has 0 saturated heterocycles. The highest BCUT2D eigenvalue weighted by molar-refractivity contribution is 7.26. The molecule has 3 aromatic heterocycles. The molecule has 12 aromatic rings. The fraction of sp³-hybridized carbons (Fsp3) is 0. The summed E-state index contributed by atoms with van der Waals surface area (Å²) >= 11 is 1.88. The van der Waals surface area contributed by atoms with Crippen LogP contribution >= 0.6 is 11.3 Å². The van der Waals surface area contributed by atoms with Gasteiger partial charge >= 0.3 is 0 Å². The minimum atomic E-state index is 1.14. The van der Waals surface area contributed by atoms with E-state index < -0.39 is 0 Å². The lowest BCUT2D eigenvalue weighted by molar-refractivity contribution is 1.16. The second kappa shape index (κ2) is 12.7. The van der Waals surface area contributed by atoms with Gasteiger partial charge in [-0.05, 0) is 94.0 Å². The number of fused-ring (bicyclic) bond motifs is 9. The number of hydrogen-bond acceptors (Lipinski definition) is 1. The zero-order chi connectivity index (χ0) is 37.5. The van der Waals surface area contributed by atoms with Gasteiger partial charge in [-0.3, -0.25) is 0 Å². The number of hydrogen-bond donors (Lipinski definition) is 0. The molecule has 57 heavy (non-hydrogen) atoms. The van der Waals surface area contributed by atoms with Crippen molar-refractivity contribution >= 4 is 75.1 Å². The van der Waals surface area contributed by atoms with Crippen molar-refractivity contribution in [3.8, 4) is 44.8 Å². The standard InChI is InChI=1S/C54H34N2S/c1-3-13-35(14-4-1)37-15-11-16-38(31-37)39-27-30-44-48-33-47-43-19-7-9-23-49(43)55(40-17-5-2-6-18-40)51(47)34-52(48)56(50(44)32-39)41-28-25-36(26-29-41)42-21-12-22-46-45-20-8-10-24-53(45)57-54(42)46/h1-34H. The van der Waals surface area contributed by atoms with Gasteiger partial charge in [0.15, 0.2) is 0 Å². The first-order valence-electron chi connectivity index (χ1n) is 19.5. The van der Waals surface area contributed by atoms with E-state index in [4.69, 9.17) is 0 Å². The van der Waals surface area contributed by atoms with Gasteiger partial charge in [0.2, 0.25) is 0 Å². The van der Waals surface area contributed by atoms with Crippen LogP contribution in [0.5, 0.6) is 0 Å². The van der Waals surface area contributed by atoms with Crippen LogP contribution in [-0.2, 0) is 0 Å². The molecule has 0 aliphatic heterocycles. The van der Waals surface area contributed by atoms with Crippen LogP contribution in [0, 0.1) is 0 Å². The Labute approximate surface area is 333 Å². The van der Waals surface area contributed by atoms with Crippen LogP contribution in [0.15, 0.2) is 206 Å². The van der Waals surface area contributed by atoms with Crippen molar-refractivity contribution in [2.24, 2.45) is 0 Å². The highest BCUT2D eigenvalue weighted by atomic mass is 32.1. The second-order valence-corrected chi connectivity index (χ2v) is 16.0. The lowest BCUT2D eigenvalue weighted by Gasteiger charge is -2.12. The van der Waals surface area contributed by atoms with Gasteiger partial charge in [-0.15, -0.1) is 11.3 Å². The zero-order valence-corrected chi connectivity index (χ0v) is 31.7. The van der Waals surface area contributed by atoms with Crippen molar-refractivity contribution in [1.29, 1.82) is 0 Å². The maximum atomic E-state index is 2.48. The van der Waals surface area contributed by atoms with Crippen LogP contribution in [0.1, 0.15) is 0 Å². The van der Waals surface area contributed by atoms with Gasteiger partial charge in [0.1, 0.15) is 0 Å². The van der Waals surface area contributed by atoms with Crippen LogP contribution < -0.4 is 0 Å². The third kappa shape index (κ3) is 5.03. The third-order valence-electron chi connectivity index (χ3n) is 11.7. The SMILES string of the molecule is c1ccc(-c2cccc(-c3ccc4c5cc6c7ccccc7n(-c7ccccc7)c6cc5n(-c5ccc(-c6cccc7c6sc6ccccc67)cc5)c4c3)c2)cc1. The summed E-state index contributed by atoms with van der Waals surface area (Å²) in [5, 5.41) is 7.65. The molecule has 0 N–H and O–H groups in total. The van der Waals surface area contributed by atoms with Crippen molar-refractivity contribution in [2.75, 3.05) is 0 Å². The van der Waals surface area contributed by atoms with E-state index in [0.717, 1.165) is 11.4 Å². The first-order chi connectivity index (χ1) is 28.3. The van der Waals surface area contributed by atoms with Gasteiger partial charge in [-0.2, -0.15) is 0 Å². The number of nitrogens with zero attached hydrogens (tertiary/aromatic N) is 2. The highest BCUT2D eigenvalue weighted by Crippen LogP contribution is 2.43. The number of rotatable bonds is 5. The van der Waals surface area contributed by atoms with Crippen molar-refractivity contribution in [3.05, 3.63) is 206 Å². The van der Waals surface area contributed by atoms with Gasteiger partial charge in [0.05, 0.1) is 22.1 Å². The summed E-state index contributed by atoms with van der Waals surface area (Å²) in [6.07, 6.45) is 0. The Kier molecular flexibility index (Phi) is 7.13. The maximum Gasteiger partial charge on any atom is 0.0562 e. The predicted molar refractivity (Wildman–Crippen MR) is 244 cm³/mol. The first kappa shape index (κ1) is 32.1. The molecule has 0 aliphatic carbocycles. The minimum Gasteiger partial charge on any atom is -0.309 e. The fourth-order valence-corrected chi connectivity index (χ4v) is 10.3. The zero-order valence-electron chi connectivity index (χ0n) is 30.9. The van der Waals surface area contributed by atoms with Gasteiger partial charge in [-0.1, -0.05) is 146 Å². The number of thiophene rings is 1.